The number of carbonyl (C=O) groups excluding carboxylic acids is 1. The van der Waals surface area contributed by atoms with Gasteiger partial charge in [0.2, 0.25) is 5.91 Å². The molecule has 0 saturated heterocycles. The SMILES string of the molecule is O=C(CNCc1ccccc1Cl)NCc1ccco1.O=C(O)C(=O)O. The number of carbonyl (C=O) groups is 3. The Hall–Kier alpha value is -2.84. The highest BCUT2D eigenvalue weighted by Crippen LogP contribution is 2.13. The number of aliphatic carboxylic acids is 2. The number of benzene rings is 1. The molecule has 4 N–H and O–H groups in total. The zero-order valence-corrected chi connectivity index (χ0v) is 13.8. The molecule has 9 heteroatoms. The molecule has 0 bridgehead atoms. The second kappa shape index (κ2) is 10.8. The fraction of sp³-hybridized carbons (Fsp3) is 0.188. The van der Waals surface area contributed by atoms with Crippen molar-refractivity contribution in [1.29, 1.82) is 0 Å². The number of hydrogen-bond donors (Lipinski definition) is 4. The van der Waals surface area contributed by atoms with Crippen LogP contribution in [0.5, 0.6) is 0 Å². The van der Waals surface area contributed by atoms with Gasteiger partial charge in [0.15, 0.2) is 0 Å². The number of furan rings is 1. The van der Waals surface area contributed by atoms with Crippen LogP contribution >= 0.6 is 11.6 Å². The molecule has 0 radical (unpaired) electrons. The number of halogens is 1. The van der Waals surface area contributed by atoms with Gasteiger partial charge < -0.3 is 25.3 Å². The molecular formula is C16H17ClN2O6. The Labute approximate surface area is 148 Å². The summed E-state index contributed by atoms with van der Waals surface area (Å²) in [5, 5.41) is 21.3. The lowest BCUT2D eigenvalue weighted by atomic mass is 10.2. The first-order chi connectivity index (χ1) is 11.9. The molecule has 0 spiro atoms. The third-order valence-electron chi connectivity index (χ3n) is 2.78. The van der Waals surface area contributed by atoms with Crippen LogP contribution in [0.4, 0.5) is 0 Å². The number of amides is 1. The van der Waals surface area contributed by atoms with E-state index in [2.05, 4.69) is 10.6 Å². The van der Waals surface area contributed by atoms with Crippen LogP contribution in [0.3, 0.4) is 0 Å². The summed E-state index contributed by atoms with van der Waals surface area (Å²) in [6.45, 7) is 1.21. The molecule has 2 rings (SSSR count). The van der Waals surface area contributed by atoms with E-state index in [0.29, 0.717) is 18.1 Å². The highest BCUT2D eigenvalue weighted by Gasteiger charge is 2.04. The molecule has 0 saturated carbocycles. The Kier molecular flexibility index (Phi) is 8.77. The highest BCUT2D eigenvalue weighted by molar-refractivity contribution is 6.31. The minimum absolute atomic E-state index is 0.0801. The molecule has 0 aliphatic rings. The van der Waals surface area contributed by atoms with Gasteiger partial charge in [-0.25, -0.2) is 9.59 Å². The van der Waals surface area contributed by atoms with Gasteiger partial charge in [-0.15, -0.1) is 0 Å². The van der Waals surface area contributed by atoms with Crippen LogP contribution in [0.2, 0.25) is 5.02 Å². The summed E-state index contributed by atoms with van der Waals surface area (Å²) in [5.41, 5.74) is 0.975. The standard InChI is InChI=1S/C14H15ClN2O2.C2H2O4/c15-13-6-2-1-4-11(13)8-16-10-14(18)17-9-12-5-3-7-19-12;3-1(4)2(5)6/h1-7,16H,8-10H2,(H,17,18);(H,3,4)(H,5,6). The molecule has 1 aromatic carbocycles. The number of rotatable bonds is 6. The van der Waals surface area contributed by atoms with Crippen molar-refractivity contribution in [1.82, 2.24) is 10.6 Å². The van der Waals surface area contributed by atoms with Gasteiger partial charge in [-0.3, -0.25) is 4.79 Å². The molecule has 0 atom stereocenters. The van der Waals surface area contributed by atoms with Crippen molar-refractivity contribution in [2.75, 3.05) is 6.54 Å². The van der Waals surface area contributed by atoms with Crippen molar-refractivity contribution in [3.8, 4) is 0 Å². The number of carboxylic acid groups (broad SMARTS) is 2. The fourth-order valence-electron chi connectivity index (χ4n) is 1.61. The third kappa shape index (κ3) is 8.54. The number of carboxylic acids is 2. The van der Waals surface area contributed by atoms with Crippen molar-refractivity contribution in [2.24, 2.45) is 0 Å². The monoisotopic (exact) mass is 368 g/mol. The largest absolute Gasteiger partial charge is 0.473 e. The summed E-state index contributed by atoms with van der Waals surface area (Å²) in [7, 11) is 0. The van der Waals surface area contributed by atoms with E-state index in [9.17, 15) is 4.79 Å². The van der Waals surface area contributed by atoms with Gasteiger partial charge in [-0.05, 0) is 23.8 Å². The van der Waals surface area contributed by atoms with Crippen molar-refractivity contribution < 1.29 is 29.0 Å². The first kappa shape index (κ1) is 20.2. The molecule has 0 fully saturated rings. The Morgan fingerprint density at radius 3 is 2.24 bits per heavy atom. The van der Waals surface area contributed by atoms with E-state index in [1.807, 2.05) is 30.3 Å². The van der Waals surface area contributed by atoms with E-state index in [4.69, 9.17) is 35.8 Å². The van der Waals surface area contributed by atoms with Gasteiger partial charge in [-0.2, -0.15) is 0 Å². The van der Waals surface area contributed by atoms with Crippen LogP contribution in [-0.2, 0) is 27.5 Å². The maximum absolute atomic E-state index is 11.6. The second-order valence-corrected chi connectivity index (χ2v) is 5.07. The van der Waals surface area contributed by atoms with Gasteiger partial charge >= 0.3 is 11.9 Å². The lowest BCUT2D eigenvalue weighted by molar-refractivity contribution is -0.159. The van der Waals surface area contributed by atoms with Crippen LogP contribution in [0.25, 0.3) is 0 Å². The normalized spacial score (nSPS) is 9.64. The number of nitrogens with one attached hydrogen (secondary N) is 2. The maximum Gasteiger partial charge on any atom is 0.414 e. The summed E-state index contributed by atoms with van der Waals surface area (Å²) in [4.78, 5) is 29.8. The average molecular weight is 369 g/mol. The summed E-state index contributed by atoms with van der Waals surface area (Å²) >= 11 is 6.02. The van der Waals surface area contributed by atoms with Crippen molar-refractivity contribution >= 4 is 29.4 Å². The van der Waals surface area contributed by atoms with E-state index in [-0.39, 0.29) is 12.5 Å². The smallest absolute Gasteiger partial charge is 0.414 e. The predicted octanol–water partition coefficient (Wildman–Crippen LogP) is 1.49. The van der Waals surface area contributed by atoms with Gasteiger partial charge in [0.05, 0.1) is 19.4 Å². The van der Waals surface area contributed by atoms with Gasteiger partial charge in [0, 0.05) is 11.6 Å². The molecule has 2 aromatic rings. The minimum Gasteiger partial charge on any atom is -0.473 e. The van der Waals surface area contributed by atoms with Crippen molar-refractivity contribution in [2.45, 2.75) is 13.1 Å². The van der Waals surface area contributed by atoms with E-state index >= 15 is 0 Å². The molecule has 25 heavy (non-hydrogen) atoms. The van der Waals surface area contributed by atoms with E-state index < -0.39 is 11.9 Å². The van der Waals surface area contributed by atoms with Crippen molar-refractivity contribution in [3.05, 3.63) is 59.0 Å². The van der Waals surface area contributed by atoms with Crippen LogP contribution < -0.4 is 10.6 Å². The fourth-order valence-corrected chi connectivity index (χ4v) is 1.82. The molecule has 0 aliphatic carbocycles. The zero-order chi connectivity index (χ0) is 18.7. The Morgan fingerprint density at radius 2 is 1.68 bits per heavy atom. The topological polar surface area (TPSA) is 129 Å². The minimum atomic E-state index is -1.82. The average Bonchev–Trinajstić information content (AvgIpc) is 3.09. The highest BCUT2D eigenvalue weighted by atomic mass is 35.5. The molecular weight excluding hydrogens is 352 g/mol. The van der Waals surface area contributed by atoms with Gasteiger partial charge in [0.25, 0.3) is 0 Å². The first-order valence-electron chi connectivity index (χ1n) is 7.09. The van der Waals surface area contributed by atoms with E-state index in [1.165, 1.54) is 0 Å². The molecule has 0 aliphatic heterocycles. The second-order valence-electron chi connectivity index (χ2n) is 4.66. The zero-order valence-electron chi connectivity index (χ0n) is 13.1. The lowest BCUT2D eigenvalue weighted by Gasteiger charge is -2.07. The Morgan fingerprint density at radius 1 is 1.00 bits per heavy atom. The molecule has 8 nitrogen and oxygen atoms in total. The maximum atomic E-state index is 11.6. The molecule has 1 amide bonds. The van der Waals surface area contributed by atoms with Gasteiger partial charge in [-0.1, -0.05) is 29.8 Å². The Balaban J connectivity index is 0.000000450. The van der Waals surface area contributed by atoms with Gasteiger partial charge in [0.1, 0.15) is 5.76 Å². The van der Waals surface area contributed by atoms with E-state index in [1.54, 1.807) is 12.3 Å². The molecule has 1 heterocycles. The summed E-state index contributed by atoms with van der Waals surface area (Å²) < 4.78 is 5.12. The van der Waals surface area contributed by atoms with Crippen molar-refractivity contribution in [3.63, 3.8) is 0 Å². The van der Waals surface area contributed by atoms with Crippen LogP contribution in [0.15, 0.2) is 47.1 Å². The van der Waals surface area contributed by atoms with E-state index in [0.717, 1.165) is 11.3 Å². The van der Waals surface area contributed by atoms with Crippen LogP contribution in [0.1, 0.15) is 11.3 Å². The molecule has 134 valence electrons. The third-order valence-corrected chi connectivity index (χ3v) is 3.15. The summed E-state index contributed by atoms with van der Waals surface area (Å²) in [6, 6.07) is 11.2. The molecule has 1 aromatic heterocycles. The first-order valence-corrected chi connectivity index (χ1v) is 7.47. The summed E-state index contributed by atoms with van der Waals surface area (Å²) in [6.07, 6.45) is 1.58. The quantitative estimate of drug-likeness (QED) is 0.568. The number of hydrogen-bond acceptors (Lipinski definition) is 5. The van der Waals surface area contributed by atoms with Crippen LogP contribution in [0, 0.1) is 0 Å². The Bertz CT molecular complexity index is 690. The molecule has 0 unspecified atom stereocenters. The summed E-state index contributed by atoms with van der Waals surface area (Å²) in [5.74, 6) is -2.99. The lowest BCUT2D eigenvalue weighted by Crippen LogP contribution is -2.33. The predicted molar refractivity (Wildman–Crippen MR) is 89.0 cm³/mol. The van der Waals surface area contributed by atoms with Crippen LogP contribution in [-0.4, -0.2) is 34.6 Å².